The van der Waals surface area contributed by atoms with Gasteiger partial charge in [0.2, 0.25) is 10.0 Å². The lowest BCUT2D eigenvalue weighted by Crippen LogP contribution is -2.50. The molecule has 158 valence electrons. The summed E-state index contributed by atoms with van der Waals surface area (Å²) < 4.78 is 31.5. The minimum absolute atomic E-state index is 0.111. The standard InChI is InChI=1S/C21H19ClN6O2S/c22-13-2-1-3-14(10-13)31(29,30)27-21-8-6-19(5-7-20(19,21)12-21)18-26-25-16-11-24-17-15(28(16)18)4-9-23-17/h1-4,9-11,23,27H,5-8,12H2. The van der Waals surface area contributed by atoms with Crippen molar-refractivity contribution < 1.29 is 8.42 Å². The van der Waals surface area contributed by atoms with E-state index < -0.39 is 15.6 Å². The number of aromatic nitrogens is 5. The Labute approximate surface area is 183 Å². The first-order valence-electron chi connectivity index (χ1n) is 10.4. The molecule has 0 saturated heterocycles. The lowest BCUT2D eigenvalue weighted by Gasteiger charge is -2.47. The van der Waals surface area contributed by atoms with Crippen molar-refractivity contribution in [3.63, 3.8) is 0 Å². The molecule has 1 aromatic carbocycles. The molecule has 0 aliphatic heterocycles. The molecular formula is C21H19ClN6O2S. The third kappa shape index (κ3) is 2.05. The normalized spacial score (nSPS) is 31.5. The molecule has 4 aromatic rings. The van der Waals surface area contributed by atoms with Crippen molar-refractivity contribution in [3.8, 4) is 0 Å². The summed E-state index contributed by atoms with van der Waals surface area (Å²) in [6.07, 6.45) is 8.09. The average Bonchev–Trinajstić information content (AvgIpc) is 3.02. The maximum Gasteiger partial charge on any atom is 0.241 e. The molecular weight excluding hydrogens is 436 g/mol. The topological polar surface area (TPSA) is 105 Å². The van der Waals surface area contributed by atoms with Crippen LogP contribution in [0.5, 0.6) is 0 Å². The van der Waals surface area contributed by atoms with E-state index in [-0.39, 0.29) is 15.7 Å². The van der Waals surface area contributed by atoms with Crippen LogP contribution in [0.1, 0.15) is 37.9 Å². The first-order valence-corrected chi connectivity index (χ1v) is 12.2. The second kappa shape index (κ2) is 5.46. The summed E-state index contributed by atoms with van der Waals surface area (Å²) in [7, 11) is -3.67. The second-order valence-electron chi connectivity index (χ2n) is 9.17. The Morgan fingerprint density at radius 2 is 2.00 bits per heavy atom. The average molecular weight is 455 g/mol. The largest absolute Gasteiger partial charge is 0.345 e. The number of rotatable bonds is 4. The second-order valence-corrected chi connectivity index (χ2v) is 11.3. The highest BCUT2D eigenvalue weighted by Gasteiger charge is 2.85. The van der Waals surface area contributed by atoms with Crippen molar-refractivity contribution in [3.05, 3.63) is 53.6 Å². The highest BCUT2D eigenvalue weighted by molar-refractivity contribution is 7.89. The zero-order valence-electron chi connectivity index (χ0n) is 16.5. The maximum absolute atomic E-state index is 13.2. The molecule has 3 aliphatic carbocycles. The molecule has 0 amide bonds. The highest BCUT2D eigenvalue weighted by Crippen LogP contribution is 2.84. The van der Waals surface area contributed by atoms with E-state index in [9.17, 15) is 8.42 Å². The van der Waals surface area contributed by atoms with Gasteiger partial charge in [0.15, 0.2) is 11.3 Å². The molecule has 3 saturated carbocycles. The number of nitrogens with zero attached hydrogens (tertiary/aromatic N) is 4. The predicted molar refractivity (Wildman–Crippen MR) is 114 cm³/mol. The van der Waals surface area contributed by atoms with E-state index in [2.05, 4.69) is 29.3 Å². The summed E-state index contributed by atoms with van der Waals surface area (Å²) in [5.41, 5.74) is 1.75. The fourth-order valence-corrected chi connectivity index (χ4v) is 8.33. The van der Waals surface area contributed by atoms with Crippen LogP contribution in [0.25, 0.3) is 16.8 Å². The molecule has 3 fully saturated rings. The number of halogens is 1. The zero-order valence-corrected chi connectivity index (χ0v) is 18.0. The minimum Gasteiger partial charge on any atom is -0.345 e. The SMILES string of the molecule is O=S(=O)(NC12CCC3(c4nnc5cnc6[nH]ccc6n45)CCC13C2)c1cccc(Cl)c1. The molecule has 3 heterocycles. The molecule has 31 heavy (non-hydrogen) atoms. The molecule has 7 rings (SSSR count). The smallest absolute Gasteiger partial charge is 0.241 e. The third-order valence-corrected chi connectivity index (χ3v) is 9.84. The number of benzene rings is 1. The molecule has 1 spiro atoms. The lowest BCUT2D eigenvalue weighted by atomic mass is 9.57. The van der Waals surface area contributed by atoms with Crippen LogP contribution in [0.15, 0.2) is 47.6 Å². The monoisotopic (exact) mass is 454 g/mol. The number of hydrogen-bond donors (Lipinski definition) is 2. The zero-order chi connectivity index (χ0) is 21.1. The highest BCUT2D eigenvalue weighted by atomic mass is 35.5. The number of fused-ring (bicyclic) bond motifs is 3. The fourth-order valence-electron chi connectivity index (χ4n) is 6.53. The van der Waals surface area contributed by atoms with Crippen LogP contribution >= 0.6 is 11.6 Å². The van der Waals surface area contributed by atoms with Gasteiger partial charge in [0.1, 0.15) is 5.82 Å². The summed E-state index contributed by atoms with van der Waals surface area (Å²) in [5, 5.41) is 9.42. The fraction of sp³-hybridized carbons (Fsp3) is 0.381. The van der Waals surface area contributed by atoms with Gasteiger partial charge in [-0.2, -0.15) is 0 Å². The van der Waals surface area contributed by atoms with E-state index in [4.69, 9.17) is 11.6 Å². The molecule has 3 unspecified atom stereocenters. The van der Waals surface area contributed by atoms with Crippen molar-refractivity contribution >= 4 is 38.4 Å². The quantitative estimate of drug-likeness (QED) is 0.492. The Morgan fingerprint density at radius 3 is 2.81 bits per heavy atom. The molecule has 0 radical (unpaired) electrons. The van der Waals surface area contributed by atoms with Crippen molar-refractivity contribution in [1.82, 2.24) is 29.3 Å². The Hall–Kier alpha value is -2.49. The number of hydrogen-bond acceptors (Lipinski definition) is 5. The van der Waals surface area contributed by atoms with Crippen molar-refractivity contribution in [1.29, 1.82) is 0 Å². The molecule has 0 bridgehead atoms. The first-order chi connectivity index (χ1) is 14.9. The van der Waals surface area contributed by atoms with E-state index in [1.165, 1.54) is 6.07 Å². The van der Waals surface area contributed by atoms with Crippen molar-refractivity contribution in [2.45, 2.75) is 48.0 Å². The lowest BCUT2D eigenvalue weighted by molar-refractivity contribution is 0.0934. The number of H-pyrrole nitrogens is 1. The van der Waals surface area contributed by atoms with Gasteiger partial charge in [-0.1, -0.05) is 17.7 Å². The van der Waals surface area contributed by atoms with Crippen LogP contribution in [0, 0.1) is 5.41 Å². The summed E-state index contributed by atoms with van der Waals surface area (Å²) in [6.45, 7) is 0. The summed E-state index contributed by atoms with van der Waals surface area (Å²) >= 11 is 6.04. The van der Waals surface area contributed by atoms with Crippen LogP contribution in [-0.4, -0.2) is 38.5 Å². The van der Waals surface area contributed by atoms with Crippen LogP contribution in [0.2, 0.25) is 5.02 Å². The predicted octanol–water partition coefficient (Wildman–Crippen LogP) is 3.19. The van der Waals surface area contributed by atoms with Gasteiger partial charge in [0.25, 0.3) is 0 Å². The van der Waals surface area contributed by atoms with Crippen molar-refractivity contribution in [2.75, 3.05) is 0 Å². The first kappa shape index (κ1) is 18.1. The Balaban J connectivity index is 1.32. The van der Waals surface area contributed by atoms with Gasteiger partial charge in [0, 0.05) is 27.6 Å². The van der Waals surface area contributed by atoms with Gasteiger partial charge in [-0.05, 0) is 56.4 Å². The van der Waals surface area contributed by atoms with E-state index in [0.717, 1.165) is 54.7 Å². The van der Waals surface area contributed by atoms with E-state index in [1.807, 2.05) is 12.3 Å². The molecule has 8 nitrogen and oxygen atoms in total. The van der Waals surface area contributed by atoms with E-state index in [0.29, 0.717) is 5.02 Å². The number of nitrogens with one attached hydrogen (secondary N) is 2. The van der Waals surface area contributed by atoms with Gasteiger partial charge in [-0.3, -0.25) is 4.40 Å². The van der Waals surface area contributed by atoms with Crippen LogP contribution in [0.4, 0.5) is 0 Å². The van der Waals surface area contributed by atoms with E-state index in [1.54, 1.807) is 24.4 Å². The van der Waals surface area contributed by atoms with E-state index >= 15 is 0 Å². The molecule has 3 atom stereocenters. The van der Waals surface area contributed by atoms with Gasteiger partial charge < -0.3 is 4.98 Å². The number of aromatic amines is 1. The molecule has 3 aromatic heterocycles. The van der Waals surface area contributed by atoms with Gasteiger partial charge in [-0.15, -0.1) is 10.2 Å². The number of sulfonamides is 1. The Morgan fingerprint density at radius 1 is 1.13 bits per heavy atom. The molecule has 10 heteroatoms. The molecule has 2 N–H and O–H groups in total. The summed E-state index contributed by atoms with van der Waals surface area (Å²) in [4.78, 5) is 7.78. The Kier molecular flexibility index (Phi) is 3.19. The summed E-state index contributed by atoms with van der Waals surface area (Å²) in [5.74, 6) is 0.932. The maximum atomic E-state index is 13.2. The summed E-state index contributed by atoms with van der Waals surface area (Å²) in [6, 6.07) is 8.42. The van der Waals surface area contributed by atoms with Gasteiger partial charge in [0.05, 0.1) is 16.6 Å². The van der Waals surface area contributed by atoms with Gasteiger partial charge in [-0.25, -0.2) is 18.1 Å². The van der Waals surface area contributed by atoms with Crippen LogP contribution < -0.4 is 4.72 Å². The van der Waals surface area contributed by atoms with Crippen LogP contribution in [-0.2, 0) is 15.4 Å². The van der Waals surface area contributed by atoms with Crippen molar-refractivity contribution in [2.24, 2.45) is 5.41 Å². The minimum atomic E-state index is -3.67. The van der Waals surface area contributed by atoms with Crippen LogP contribution in [0.3, 0.4) is 0 Å². The molecule has 3 aliphatic rings. The Bertz CT molecular complexity index is 1510. The third-order valence-electron chi connectivity index (χ3n) is 8.07. The van der Waals surface area contributed by atoms with Gasteiger partial charge >= 0.3 is 0 Å².